The zero-order chi connectivity index (χ0) is 14.8. The van der Waals surface area contributed by atoms with Crippen LogP contribution in [0.25, 0.3) is 0 Å². The minimum Gasteiger partial charge on any atom is -0.367 e. The van der Waals surface area contributed by atoms with Crippen LogP contribution in [0.15, 0.2) is 9.27 Å². The van der Waals surface area contributed by atoms with E-state index in [2.05, 4.69) is 32.8 Å². The summed E-state index contributed by atoms with van der Waals surface area (Å²) in [5.41, 5.74) is 0.288. The van der Waals surface area contributed by atoms with Gasteiger partial charge in [0.1, 0.15) is 15.9 Å². The average molecular weight is 343 g/mol. The number of aryl methyl sites for hydroxylation is 1. The summed E-state index contributed by atoms with van der Waals surface area (Å²) < 4.78 is 6.59. The summed E-state index contributed by atoms with van der Waals surface area (Å²) in [5, 5.41) is 0. The van der Waals surface area contributed by atoms with Crippen molar-refractivity contribution in [1.29, 1.82) is 0 Å². The molecule has 0 bridgehead atoms. The summed E-state index contributed by atoms with van der Waals surface area (Å²) in [5.74, 6) is 1.42. The van der Waals surface area contributed by atoms with Gasteiger partial charge in [-0.05, 0) is 60.9 Å². The number of rotatable bonds is 4. The van der Waals surface area contributed by atoms with Gasteiger partial charge in [-0.25, -0.2) is 4.98 Å². The van der Waals surface area contributed by atoms with Crippen LogP contribution in [0.2, 0.25) is 0 Å². The number of aromatic amines is 1. The highest BCUT2D eigenvalue weighted by Gasteiger charge is 2.39. The molecule has 0 saturated heterocycles. The fourth-order valence-electron chi connectivity index (χ4n) is 2.91. The van der Waals surface area contributed by atoms with Crippen LogP contribution in [0, 0.1) is 5.92 Å². The Hall–Kier alpha value is -0.680. The molecule has 0 spiro atoms. The van der Waals surface area contributed by atoms with Crippen LogP contribution < -0.4 is 5.56 Å². The number of hydrogen-bond acceptors (Lipinski definition) is 3. The van der Waals surface area contributed by atoms with E-state index in [1.165, 1.54) is 0 Å². The van der Waals surface area contributed by atoms with Crippen molar-refractivity contribution in [3.8, 4) is 0 Å². The predicted molar refractivity (Wildman–Crippen MR) is 82.9 cm³/mol. The Balaban J connectivity index is 2.44. The van der Waals surface area contributed by atoms with Crippen molar-refractivity contribution < 1.29 is 4.74 Å². The lowest BCUT2D eigenvalue weighted by Crippen LogP contribution is -2.38. The van der Waals surface area contributed by atoms with Crippen molar-refractivity contribution >= 4 is 15.9 Å². The van der Waals surface area contributed by atoms with Gasteiger partial charge in [0.05, 0.1) is 5.69 Å². The summed E-state index contributed by atoms with van der Waals surface area (Å²) in [7, 11) is 0. The van der Waals surface area contributed by atoms with Crippen LogP contribution in [0.1, 0.15) is 58.0 Å². The normalized spacial score (nSPS) is 26.7. The topological polar surface area (TPSA) is 55.0 Å². The van der Waals surface area contributed by atoms with Gasteiger partial charge < -0.3 is 9.72 Å². The molecule has 0 unspecified atom stereocenters. The van der Waals surface area contributed by atoms with Gasteiger partial charge in [0, 0.05) is 6.61 Å². The van der Waals surface area contributed by atoms with Crippen LogP contribution in [-0.2, 0) is 16.8 Å². The van der Waals surface area contributed by atoms with Crippen LogP contribution in [-0.4, -0.2) is 16.6 Å². The quantitative estimate of drug-likeness (QED) is 0.910. The monoisotopic (exact) mass is 342 g/mol. The van der Waals surface area contributed by atoms with Gasteiger partial charge in [0.2, 0.25) is 0 Å². The van der Waals surface area contributed by atoms with Crippen molar-refractivity contribution in [3.63, 3.8) is 0 Å². The van der Waals surface area contributed by atoms with Crippen molar-refractivity contribution in [2.45, 2.75) is 58.5 Å². The van der Waals surface area contributed by atoms with Crippen LogP contribution in [0.5, 0.6) is 0 Å². The van der Waals surface area contributed by atoms with Gasteiger partial charge >= 0.3 is 0 Å². The van der Waals surface area contributed by atoms with Crippen LogP contribution in [0.4, 0.5) is 0 Å². The zero-order valence-electron chi connectivity index (χ0n) is 12.5. The fraction of sp³-hybridized carbons (Fsp3) is 0.733. The maximum Gasteiger partial charge on any atom is 0.265 e. The molecule has 1 saturated carbocycles. The molecule has 0 radical (unpaired) electrons. The van der Waals surface area contributed by atoms with Crippen LogP contribution in [0.3, 0.4) is 0 Å². The van der Waals surface area contributed by atoms with E-state index in [-0.39, 0.29) is 5.56 Å². The number of aromatic nitrogens is 2. The molecular formula is C15H23BrN2O2. The van der Waals surface area contributed by atoms with Gasteiger partial charge in [0.25, 0.3) is 5.56 Å². The molecule has 4 nitrogen and oxygen atoms in total. The largest absolute Gasteiger partial charge is 0.367 e. The molecule has 0 aromatic carbocycles. The van der Waals surface area contributed by atoms with Crippen molar-refractivity contribution in [2.75, 3.05) is 6.61 Å². The summed E-state index contributed by atoms with van der Waals surface area (Å²) in [6.07, 6.45) is 4.81. The van der Waals surface area contributed by atoms with Gasteiger partial charge in [-0.3, -0.25) is 4.79 Å². The van der Waals surface area contributed by atoms with E-state index in [1.807, 2.05) is 13.8 Å². The van der Waals surface area contributed by atoms with Gasteiger partial charge in [-0.2, -0.15) is 0 Å². The molecule has 0 atom stereocenters. The molecule has 112 valence electrons. The van der Waals surface area contributed by atoms with Gasteiger partial charge in [-0.1, -0.05) is 13.8 Å². The standard InChI is InChI=1S/C15H23BrN2O2/c1-4-11-12(16)13(19)18-14(17-11)15(20-5-2)8-6-10(3)7-9-15/h10H,4-9H2,1-3H3,(H,17,18,19). The summed E-state index contributed by atoms with van der Waals surface area (Å²) in [4.78, 5) is 19.7. The molecule has 0 aliphatic heterocycles. The van der Waals surface area contributed by atoms with Crippen molar-refractivity contribution in [2.24, 2.45) is 5.92 Å². The van der Waals surface area contributed by atoms with E-state index < -0.39 is 5.60 Å². The Kier molecular flexibility index (Phi) is 5.02. The number of nitrogens with one attached hydrogen (secondary N) is 1. The van der Waals surface area contributed by atoms with E-state index in [0.717, 1.165) is 43.7 Å². The lowest BCUT2D eigenvalue weighted by atomic mass is 9.78. The first-order valence-corrected chi connectivity index (χ1v) is 8.24. The Morgan fingerprint density at radius 2 is 2.05 bits per heavy atom. The maximum atomic E-state index is 12.1. The third-order valence-corrected chi connectivity index (χ3v) is 5.02. The van der Waals surface area contributed by atoms with Crippen molar-refractivity contribution in [1.82, 2.24) is 9.97 Å². The molecule has 1 fully saturated rings. The van der Waals surface area contributed by atoms with E-state index in [1.54, 1.807) is 0 Å². The third kappa shape index (κ3) is 2.98. The summed E-state index contributed by atoms with van der Waals surface area (Å²) in [6.45, 7) is 6.91. The van der Waals surface area contributed by atoms with E-state index in [0.29, 0.717) is 16.9 Å². The molecule has 0 amide bonds. The van der Waals surface area contributed by atoms with Gasteiger partial charge in [0.15, 0.2) is 0 Å². The lowest BCUT2D eigenvalue weighted by molar-refractivity contribution is -0.0840. The van der Waals surface area contributed by atoms with Crippen molar-refractivity contribution in [3.05, 3.63) is 26.3 Å². The number of ether oxygens (including phenoxy) is 1. The highest BCUT2D eigenvalue weighted by Crippen LogP contribution is 2.41. The van der Waals surface area contributed by atoms with E-state index in [4.69, 9.17) is 4.74 Å². The van der Waals surface area contributed by atoms with E-state index in [9.17, 15) is 4.79 Å². The first-order valence-electron chi connectivity index (χ1n) is 7.45. The molecule has 2 rings (SSSR count). The number of hydrogen-bond donors (Lipinski definition) is 1. The number of H-pyrrole nitrogens is 1. The first kappa shape index (κ1) is 15.7. The third-order valence-electron chi connectivity index (χ3n) is 4.20. The molecule has 1 N–H and O–H groups in total. The lowest BCUT2D eigenvalue weighted by Gasteiger charge is -2.38. The molecule has 5 heteroatoms. The Morgan fingerprint density at radius 1 is 1.40 bits per heavy atom. The second-order valence-electron chi connectivity index (χ2n) is 5.64. The summed E-state index contributed by atoms with van der Waals surface area (Å²) in [6, 6.07) is 0. The molecule has 20 heavy (non-hydrogen) atoms. The molecule has 1 heterocycles. The minimum atomic E-state index is -0.412. The number of halogens is 1. The highest BCUT2D eigenvalue weighted by atomic mass is 79.9. The van der Waals surface area contributed by atoms with Crippen LogP contribution >= 0.6 is 15.9 Å². The Morgan fingerprint density at radius 3 is 2.60 bits per heavy atom. The zero-order valence-corrected chi connectivity index (χ0v) is 14.0. The minimum absolute atomic E-state index is 0.107. The average Bonchev–Trinajstić information content (AvgIpc) is 2.44. The second-order valence-corrected chi connectivity index (χ2v) is 6.43. The SMILES string of the molecule is CCOC1(c2nc(CC)c(Br)c(=O)[nH]2)CCC(C)CC1. The first-order chi connectivity index (χ1) is 9.52. The predicted octanol–water partition coefficient (Wildman–Crippen LogP) is 3.54. The molecule has 1 aliphatic rings. The Bertz CT molecular complexity index is 519. The molecular weight excluding hydrogens is 320 g/mol. The Labute approximate surface area is 128 Å². The molecule has 1 aromatic heterocycles. The van der Waals surface area contributed by atoms with E-state index >= 15 is 0 Å². The van der Waals surface area contributed by atoms with Gasteiger partial charge in [-0.15, -0.1) is 0 Å². The highest BCUT2D eigenvalue weighted by molar-refractivity contribution is 9.10. The number of nitrogens with zero attached hydrogens (tertiary/aromatic N) is 1. The maximum absolute atomic E-state index is 12.1. The molecule has 1 aliphatic carbocycles. The smallest absolute Gasteiger partial charge is 0.265 e. The summed E-state index contributed by atoms with van der Waals surface area (Å²) >= 11 is 3.32. The molecule has 1 aromatic rings. The fourth-order valence-corrected chi connectivity index (χ4v) is 3.38. The second kappa shape index (κ2) is 6.39.